The van der Waals surface area contributed by atoms with Crippen molar-refractivity contribution in [2.45, 2.75) is 19.0 Å². The average Bonchev–Trinajstić information content (AvgIpc) is 2.73. The van der Waals surface area contributed by atoms with Crippen molar-refractivity contribution in [3.05, 3.63) is 89.0 Å². The molecule has 0 heterocycles. The fraction of sp³-hybridized carbons (Fsp3) is 0.217. The van der Waals surface area contributed by atoms with Crippen LogP contribution in [-0.2, 0) is 0 Å². The molecule has 2 unspecified atom stereocenters. The smallest absolute Gasteiger partial charge is 0.159 e. The lowest BCUT2D eigenvalue weighted by Crippen LogP contribution is -2.26. The molecule has 4 nitrogen and oxygen atoms in total. The van der Waals surface area contributed by atoms with Gasteiger partial charge in [-0.25, -0.2) is 8.78 Å². The Morgan fingerprint density at radius 1 is 0.862 bits per heavy atom. The molecule has 0 aliphatic carbocycles. The van der Waals surface area contributed by atoms with Crippen molar-refractivity contribution in [2.75, 3.05) is 20.0 Å². The Balaban J connectivity index is 2.05. The number of nitrogens with one attached hydrogen (secondary N) is 1. The van der Waals surface area contributed by atoms with E-state index in [2.05, 4.69) is 5.32 Å². The second-order valence-corrected chi connectivity index (χ2v) is 6.77. The molecule has 0 saturated carbocycles. The first-order valence-corrected chi connectivity index (χ1v) is 9.21. The Morgan fingerprint density at radius 2 is 1.66 bits per heavy atom. The van der Waals surface area contributed by atoms with Gasteiger partial charge in [0.05, 0.1) is 20.3 Å². The minimum atomic E-state index is -0.879. The van der Waals surface area contributed by atoms with Crippen LogP contribution in [0, 0.1) is 11.6 Å². The number of anilines is 1. The van der Waals surface area contributed by atoms with Crippen LogP contribution in [0.25, 0.3) is 0 Å². The number of benzene rings is 3. The van der Waals surface area contributed by atoms with Crippen LogP contribution in [0.2, 0.25) is 0 Å². The van der Waals surface area contributed by atoms with Crippen molar-refractivity contribution in [1.82, 2.24) is 5.32 Å². The van der Waals surface area contributed by atoms with Crippen LogP contribution in [0.4, 0.5) is 14.5 Å². The summed E-state index contributed by atoms with van der Waals surface area (Å²) in [4.78, 5) is 0. The van der Waals surface area contributed by atoms with E-state index >= 15 is 0 Å². The molecule has 152 valence electrons. The van der Waals surface area contributed by atoms with E-state index in [9.17, 15) is 8.78 Å². The maximum atomic E-state index is 13.7. The maximum absolute atomic E-state index is 13.7. The van der Waals surface area contributed by atoms with Crippen molar-refractivity contribution < 1.29 is 18.3 Å². The Labute approximate surface area is 169 Å². The first-order chi connectivity index (χ1) is 13.9. The normalized spacial score (nSPS) is 13.0. The fourth-order valence-electron chi connectivity index (χ4n) is 3.29. The van der Waals surface area contributed by atoms with Gasteiger partial charge in [-0.15, -0.1) is 0 Å². The van der Waals surface area contributed by atoms with Crippen LogP contribution < -0.4 is 20.5 Å². The highest BCUT2D eigenvalue weighted by Gasteiger charge is 2.22. The molecule has 3 aromatic rings. The molecule has 0 saturated heterocycles. The van der Waals surface area contributed by atoms with E-state index in [1.54, 1.807) is 26.4 Å². The van der Waals surface area contributed by atoms with Crippen molar-refractivity contribution in [2.24, 2.45) is 0 Å². The molecule has 29 heavy (non-hydrogen) atoms. The predicted molar refractivity (Wildman–Crippen MR) is 110 cm³/mol. The van der Waals surface area contributed by atoms with Gasteiger partial charge < -0.3 is 15.2 Å². The number of hydrogen-bond acceptors (Lipinski definition) is 4. The molecule has 2 atom stereocenters. The minimum Gasteiger partial charge on any atom is -0.497 e. The van der Waals surface area contributed by atoms with Crippen molar-refractivity contribution in [1.29, 1.82) is 0 Å². The molecular formula is C23H24F2N2O2. The SMILES string of the molecule is COc1cccc(C(NC(C)c2ccc(F)c(F)c2)c2cc(N)ccc2OC)c1. The van der Waals surface area contributed by atoms with E-state index in [4.69, 9.17) is 15.2 Å². The van der Waals surface area contributed by atoms with Crippen LogP contribution in [0.3, 0.4) is 0 Å². The minimum absolute atomic E-state index is 0.285. The Kier molecular flexibility index (Phi) is 6.34. The number of ether oxygens (including phenoxy) is 2. The number of hydrogen-bond donors (Lipinski definition) is 2. The third kappa shape index (κ3) is 4.66. The third-order valence-electron chi connectivity index (χ3n) is 4.85. The van der Waals surface area contributed by atoms with Crippen LogP contribution in [0.5, 0.6) is 11.5 Å². The standard InChI is InChI=1S/C23H24F2N2O2/c1-14(15-7-9-20(24)21(25)12-15)27-23(16-5-4-6-18(11-16)28-2)19-13-17(26)8-10-22(19)29-3/h4-14,23,27H,26H2,1-3H3. The second-order valence-electron chi connectivity index (χ2n) is 6.77. The first kappa shape index (κ1) is 20.6. The van der Waals surface area contributed by atoms with E-state index in [0.29, 0.717) is 22.7 Å². The number of halogens is 2. The van der Waals surface area contributed by atoms with Gasteiger partial charge in [-0.2, -0.15) is 0 Å². The van der Waals surface area contributed by atoms with Gasteiger partial charge >= 0.3 is 0 Å². The van der Waals surface area contributed by atoms with E-state index in [1.165, 1.54) is 6.07 Å². The number of nitrogen functional groups attached to an aromatic ring is 1. The zero-order chi connectivity index (χ0) is 21.0. The Hall–Kier alpha value is -3.12. The summed E-state index contributed by atoms with van der Waals surface area (Å²) < 4.78 is 38.0. The molecule has 6 heteroatoms. The van der Waals surface area contributed by atoms with Gasteiger partial charge in [0.1, 0.15) is 11.5 Å². The van der Waals surface area contributed by atoms with E-state index in [-0.39, 0.29) is 12.1 Å². The van der Waals surface area contributed by atoms with Crippen molar-refractivity contribution >= 4 is 5.69 Å². The molecule has 0 aliphatic rings. The maximum Gasteiger partial charge on any atom is 0.159 e. The zero-order valence-corrected chi connectivity index (χ0v) is 16.6. The third-order valence-corrected chi connectivity index (χ3v) is 4.85. The summed E-state index contributed by atoms with van der Waals surface area (Å²) in [5.74, 6) is -0.381. The number of methoxy groups -OCH3 is 2. The van der Waals surface area contributed by atoms with Crippen LogP contribution in [-0.4, -0.2) is 14.2 Å². The van der Waals surface area contributed by atoms with E-state index in [1.807, 2.05) is 43.3 Å². The van der Waals surface area contributed by atoms with Crippen LogP contribution in [0.15, 0.2) is 60.7 Å². The summed E-state index contributed by atoms with van der Waals surface area (Å²) in [7, 11) is 3.20. The van der Waals surface area contributed by atoms with Crippen LogP contribution in [0.1, 0.15) is 35.7 Å². The highest BCUT2D eigenvalue weighted by molar-refractivity contribution is 5.52. The first-order valence-electron chi connectivity index (χ1n) is 9.21. The van der Waals surface area contributed by atoms with Gasteiger partial charge in [0.2, 0.25) is 0 Å². The van der Waals surface area contributed by atoms with Gasteiger partial charge in [-0.3, -0.25) is 5.32 Å². The molecule has 0 radical (unpaired) electrons. The lowest BCUT2D eigenvalue weighted by atomic mass is 9.95. The molecule has 0 aromatic heterocycles. The van der Waals surface area contributed by atoms with Crippen molar-refractivity contribution in [3.8, 4) is 11.5 Å². The predicted octanol–water partition coefficient (Wildman–Crippen LogP) is 5.00. The average molecular weight is 398 g/mol. The molecule has 3 aromatic carbocycles. The molecule has 3 rings (SSSR count). The van der Waals surface area contributed by atoms with Gasteiger partial charge in [0.15, 0.2) is 11.6 Å². The molecule has 0 bridgehead atoms. The largest absolute Gasteiger partial charge is 0.497 e. The molecule has 0 spiro atoms. The van der Waals surface area contributed by atoms with E-state index in [0.717, 1.165) is 17.2 Å². The Morgan fingerprint density at radius 3 is 2.34 bits per heavy atom. The zero-order valence-electron chi connectivity index (χ0n) is 16.6. The monoisotopic (exact) mass is 398 g/mol. The highest BCUT2D eigenvalue weighted by atomic mass is 19.2. The quantitative estimate of drug-likeness (QED) is 0.550. The lowest BCUT2D eigenvalue weighted by Gasteiger charge is -2.26. The summed E-state index contributed by atoms with van der Waals surface area (Å²) in [6.07, 6.45) is 0. The lowest BCUT2D eigenvalue weighted by molar-refractivity contribution is 0.398. The second kappa shape index (κ2) is 8.92. The highest BCUT2D eigenvalue weighted by Crippen LogP contribution is 2.35. The summed E-state index contributed by atoms with van der Waals surface area (Å²) >= 11 is 0. The molecule has 3 N–H and O–H groups in total. The fourth-order valence-corrected chi connectivity index (χ4v) is 3.29. The van der Waals surface area contributed by atoms with Gasteiger partial charge in [0, 0.05) is 17.3 Å². The van der Waals surface area contributed by atoms with Gasteiger partial charge in [-0.05, 0) is 60.5 Å². The summed E-state index contributed by atoms with van der Waals surface area (Å²) in [6, 6.07) is 16.3. The molecule has 0 fully saturated rings. The molecular weight excluding hydrogens is 374 g/mol. The number of rotatable bonds is 7. The van der Waals surface area contributed by atoms with Gasteiger partial charge in [-0.1, -0.05) is 18.2 Å². The molecule has 0 aliphatic heterocycles. The summed E-state index contributed by atoms with van der Waals surface area (Å²) in [6.45, 7) is 1.89. The summed E-state index contributed by atoms with van der Waals surface area (Å²) in [5.41, 5.74) is 9.00. The summed E-state index contributed by atoms with van der Waals surface area (Å²) in [5, 5.41) is 3.49. The number of nitrogens with two attached hydrogens (primary N) is 1. The van der Waals surface area contributed by atoms with Crippen molar-refractivity contribution in [3.63, 3.8) is 0 Å². The van der Waals surface area contributed by atoms with Crippen LogP contribution >= 0.6 is 0 Å². The topological polar surface area (TPSA) is 56.5 Å². The Bertz CT molecular complexity index is 994. The molecule has 0 amide bonds. The van der Waals surface area contributed by atoms with E-state index < -0.39 is 11.6 Å². The van der Waals surface area contributed by atoms with Gasteiger partial charge in [0.25, 0.3) is 0 Å².